The molecule has 0 N–H and O–H groups in total. The molecule has 0 saturated carbocycles. The fourth-order valence-electron chi connectivity index (χ4n) is 8.41. The molecule has 50 heavy (non-hydrogen) atoms. The molecule has 0 bridgehead atoms. The third-order valence-electron chi connectivity index (χ3n) is 10.5. The zero-order chi connectivity index (χ0) is 32.5. The largest absolute Gasteiger partial charge is 0.551 e. The van der Waals surface area contributed by atoms with Gasteiger partial charge in [0.05, 0.1) is 38.8 Å². The minimum Gasteiger partial charge on any atom is -0.551 e. The molecule has 7 heteroatoms. The van der Waals surface area contributed by atoms with Crippen molar-refractivity contribution in [2.45, 2.75) is 0 Å². The van der Waals surface area contributed by atoms with Crippen LogP contribution in [0.15, 0.2) is 152 Å². The highest BCUT2D eigenvalue weighted by Crippen LogP contribution is 2.42. The molecule has 0 unspecified atom stereocenters. The lowest BCUT2D eigenvalue weighted by molar-refractivity contribution is 0.479. The Morgan fingerprint density at radius 2 is 1.14 bits per heavy atom. The van der Waals surface area contributed by atoms with Crippen molar-refractivity contribution in [2.24, 2.45) is 0 Å². The lowest BCUT2D eigenvalue weighted by Crippen LogP contribution is -2.53. The first kappa shape index (κ1) is 26.3. The molecule has 3 aromatic heterocycles. The van der Waals surface area contributed by atoms with E-state index in [4.69, 9.17) is 14.4 Å². The SMILES string of the molecule is c1ccc2c(c1)OB1c3ccc(-n4c5ccccc5c5ccccc54)cc3Oc3cc(-n4c5ccccc5n5c6ccccc6nc45)cc-2c31. The van der Waals surface area contributed by atoms with Crippen molar-refractivity contribution in [1.29, 1.82) is 0 Å². The maximum absolute atomic E-state index is 6.99. The Balaban J connectivity index is 1.11. The Hall–Kier alpha value is -6.73. The van der Waals surface area contributed by atoms with Crippen LogP contribution in [0.1, 0.15) is 0 Å². The second-order valence-electron chi connectivity index (χ2n) is 13.2. The average molecular weight is 641 g/mol. The van der Waals surface area contributed by atoms with Gasteiger partial charge < -0.3 is 14.0 Å². The van der Waals surface area contributed by atoms with Gasteiger partial charge in [0, 0.05) is 45.1 Å². The number of rotatable bonds is 2. The van der Waals surface area contributed by atoms with E-state index in [1.165, 1.54) is 10.8 Å². The minimum atomic E-state index is -0.310. The summed E-state index contributed by atoms with van der Waals surface area (Å²) in [5, 5.41) is 2.45. The molecule has 12 rings (SSSR count). The monoisotopic (exact) mass is 640 g/mol. The smallest absolute Gasteiger partial charge is 0.434 e. The summed E-state index contributed by atoms with van der Waals surface area (Å²) < 4.78 is 20.7. The zero-order valence-corrected chi connectivity index (χ0v) is 26.6. The number of hydrogen-bond acceptors (Lipinski definition) is 3. The molecule has 0 saturated heterocycles. The normalized spacial score (nSPS) is 13.1. The van der Waals surface area contributed by atoms with Crippen LogP contribution in [0.4, 0.5) is 0 Å². The van der Waals surface area contributed by atoms with E-state index < -0.39 is 0 Å². The van der Waals surface area contributed by atoms with Crippen LogP contribution in [0.5, 0.6) is 17.2 Å². The summed E-state index contributed by atoms with van der Waals surface area (Å²) in [5.74, 6) is 3.30. The van der Waals surface area contributed by atoms with Gasteiger partial charge in [-0.2, -0.15) is 0 Å². The highest BCUT2D eigenvalue weighted by Gasteiger charge is 2.41. The van der Waals surface area contributed by atoms with Gasteiger partial charge in [0.1, 0.15) is 17.2 Å². The Kier molecular flexibility index (Phi) is 4.96. The van der Waals surface area contributed by atoms with E-state index in [1.807, 2.05) is 12.1 Å². The van der Waals surface area contributed by atoms with Gasteiger partial charge in [0.25, 0.3) is 0 Å². The van der Waals surface area contributed by atoms with Crippen molar-refractivity contribution in [1.82, 2.24) is 18.5 Å². The summed E-state index contributed by atoms with van der Waals surface area (Å²) in [4.78, 5) is 5.15. The first-order valence-electron chi connectivity index (χ1n) is 16.9. The number of hydrogen-bond donors (Lipinski definition) is 0. The fraction of sp³-hybridized carbons (Fsp3) is 0. The summed E-state index contributed by atoms with van der Waals surface area (Å²) in [7, 11) is 0. The third kappa shape index (κ3) is 3.35. The second kappa shape index (κ2) is 9.46. The standard InChI is InChI=1S/C43H25BN4O2/c1-5-15-34-28(11-1)29-12-2-6-16-35(29)46(34)26-21-22-32-40(24-26)49-41-25-27(23-31-30-13-3-10-20-39(30)50-44(32)42(31)41)47-37-18-8-9-19-38(37)48-36-17-7-4-14-33(36)45-43(47)48/h1-25H. The predicted octanol–water partition coefficient (Wildman–Crippen LogP) is 8.80. The van der Waals surface area contributed by atoms with Crippen LogP contribution in [0.2, 0.25) is 0 Å². The molecule has 0 aliphatic carbocycles. The summed E-state index contributed by atoms with van der Waals surface area (Å²) in [6, 6.07) is 53.3. The maximum Gasteiger partial charge on any atom is 0.434 e. The second-order valence-corrected chi connectivity index (χ2v) is 13.2. The van der Waals surface area contributed by atoms with E-state index in [0.29, 0.717) is 0 Å². The summed E-state index contributed by atoms with van der Waals surface area (Å²) in [6.45, 7) is -0.310. The quantitative estimate of drug-likeness (QED) is 0.178. The van der Waals surface area contributed by atoms with Crippen LogP contribution in [0, 0.1) is 0 Å². The first-order valence-corrected chi connectivity index (χ1v) is 16.9. The number of aromatic nitrogens is 4. The number of nitrogens with zero attached hydrogens (tertiary/aromatic N) is 4. The van der Waals surface area contributed by atoms with Crippen LogP contribution in [-0.4, -0.2) is 25.4 Å². The van der Waals surface area contributed by atoms with E-state index in [2.05, 4.69) is 153 Å². The number of benzene rings is 7. The van der Waals surface area contributed by atoms with Crippen molar-refractivity contribution in [3.63, 3.8) is 0 Å². The van der Waals surface area contributed by atoms with Crippen LogP contribution < -0.4 is 20.3 Å². The van der Waals surface area contributed by atoms with Crippen LogP contribution in [-0.2, 0) is 0 Å². The third-order valence-corrected chi connectivity index (χ3v) is 10.5. The summed E-state index contributed by atoms with van der Waals surface area (Å²) in [5.41, 5.74) is 12.8. The summed E-state index contributed by atoms with van der Waals surface area (Å²) >= 11 is 0. The van der Waals surface area contributed by atoms with Crippen LogP contribution in [0.3, 0.4) is 0 Å². The maximum atomic E-state index is 6.99. The van der Waals surface area contributed by atoms with Gasteiger partial charge in [-0.15, -0.1) is 0 Å². The Bertz CT molecular complexity index is 3030. The van der Waals surface area contributed by atoms with Crippen molar-refractivity contribution >= 4 is 67.5 Å². The average Bonchev–Trinajstić information content (AvgIpc) is 3.81. The molecule has 0 amide bonds. The Labute approximate surface area is 286 Å². The zero-order valence-electron chi connectivity index (χ0n) is 26.6. The van der Waals surface area contributed by atoms with Crippen molar-refractivity contribution < 1.29 is 9.39 Å². The number of ether oxygens (including phenoxy) is 1. The number of imidazole rings is 2. The lowest BCUT2D eigenvalue weighted by Gasteiger charge is -2.33. The molecule has 10 aromatic rings. The molecule has 232 valence electrons. The Morgan fingerprint density at radius 1 is 0.480 bits per heavy atom. The number of fused-ring (bicyclic) bond motifs is 12. The molecule has 0 radical (unpaired) electrons. The van der Waals surface area contributed by atoms with Crippen LogP contribution >= 0.6 is 0 Å². The van der Waals surface area contributed by atoms with Crippen molar-refractivity contribution in [3.05, 3.63) is 152 Å². The van der Waals surface area contributed by atoms with Gasteiger partial charge in [-0.3, -0.25) is 8.97 Å². The molecule has 0 spiro atoms. The van der Waals surface area contributed by atoms with Gasteiger partial charge in [-0.1, -0.05) is 84.9 Å². The molecule has 0 atom stereocenters. The highest BCUT2D eigenvalue weighted by molar-refractivity contribution is 6.84. The minimum absolute atomic E-state index is 0.310. The molecular formula is C43H25BN4O2. The first-order chi connectivity index (χ1) is 24.8. The van der Waals surface area contributed by atoms with Gasteiger partial charge in [-0.05, 0) is 60.2 Å². The van der Waals surface area contributed by atoms with E-state index in [0.717, 1.165) is 89.6 Å². The molecular weight excluding hydrogens is 615 g/mol. The molecule has 7 aromatic carbocycles. The lowest BCUT2D eigenvalue weighted by atomic mass is 9.51. The summed E-state index contributed by atoms with van der Waals surface area (Å²) in [6.07, 6.45) is 0. The van der Waals surface area contributed by atoms with E-state index in [1.54, 1.807) is 0 Å². The van der Waals surface area contributed by atoms with E-state index >= 15 is 0 Å². The van der Waals surface area contributed by atoms with E-state index in [-0.39, 0.29) is 6.92 Å². The predicted molar refractivity (Wildman–Crippen MR) is 201 cm³/mol. The van der Waals surface area contributed by atoms with Crippen molar-refractivity contribution in [2.75, 3.05) is 0 Å². The van der Waals surface area contributed by atoms with Crippen molar-refractivity contribution in [3.8, 4) is 39.8 Å². The molecule has 2 aliphatic rings. The van der Waals surface area contributed by atoms with Gasteiger partial charge in [0.2, 0.25) is 5.78 Å². The topological polar surface area (TPSA) is 45.6 Å². The molecule has 0 fully saturated rings. The van der Waals surface area contributed by atoms with Crippen LogP contribution in [0.25, 0.3) is 72.2 Å². The Morgan fingerprint density at radius 3 is 1.96 bits per heavy atom. The highest BCUT2D eigenvalue weighted by atomic mass is 16.5. The van der Waals surface area contributed by atoms with E-state index in [9.17, 15) is 0 Å². The molecule has 5 heterocycles. The molecule has 2 aliphatic heterocycles. The molecule has 6 nitrogen and oxygen atoms in total. The van der Waals surface area contributed by atoms with Gasteiger partial charge >= 0.3 is 6.92 Å². The number of para-hydroxylation sites is 7. The van der Waals surface area contributed by atoms with Gasteiger partial charge in [0.15, 0.2) is 0 Å². The fourth-order valence-corrected chi connectivity index (χ4v) is 8.41. The van der Waals surface area contributed by atoms with Gasteiger partial charge in [-0.25, -0.2) is 4.98 Å².